The molecular formula is C13H12N2O. The SMILES string of the molecule is C=C(Cc1cccc2ncccc12)C(N)=O. The predicted molar refractivity (Wildman–Crippen MR) is 63.8 cm³/mol. The van der Waals surface area contributed by atoms with E-state index in [1.165, 1.54) is 0 Å². The lowest BCUT2D eigenvalue weighted by Crippen LogP contribution is -2.14. The molecule has 0 saturated carbocycles. The molecule has 0 bridgehead atoms. The Hall–Kier alpha value is -2.16. The molecule has 16 heavy (non-hydrogen) atoms. The quantitative estimate of drug-likeness (QED) is 0.789. The largest absolute Gasteiger partial charge is 0.366 e. The molecular weight excluding hydrogens is 200 g/mol. The molecule has 1 amide bonds. The van der Waals surface area contributed by atoms with Gasteiger partial charge in [0.05, 0.1) is 5.52 Å². The van der Waals surface area contributed by atoms with Crippen molar-refractivity contribution in [3.8, 4) is 0 Å². The van der Waals surface area contributed by atoms with Gasteiger partial charge in [-0.25, -0.2) is 0 Å². The zero-order valence-corrected chi connectivity index (χ0v) is 8.81. The first-order valence-electron chi connectivity index (χ1n) is 4.98. The third kappa shape index (κ3) is 1.93. The van der Waals surface area contributed by atoms with Crippen LogP contribution in [0.15, 0.2) is 48.7 Å². The summed E-state index contributed by atoms with van der Waals surface area (Å²) in [6, 6.07) is 9.66. The fourth-order valence-electron chi connectivity index (χ4n) is 1.64. The highest BCUT2D eigenvalue weighted by atomic mass is 16.1. The summed E-state index contributed by atoms with van der Waals surface area (Å²) >= 11 is 0. The van der Waals surface area contributed by atoms with Gasteiger partial charge in [0, 0.05) is 23.6 Å². The lowest BCUT2D eigenvalue weighted by molar-refractivity contribution is -0.114. The Morgan fingerprint density at radius 3 is 2.88 bits per heavy atom. The number of fused-ring (bicyclic) bond motifs is 1. The number of rotatable bonds is 3. The Labute approximate surface area is 93.6 Å². The molecule has 0 aliphatic carbocycles. The molecule has 1 aromatic carbocycles. The van der Waals surface area contributed by atoms with E-state index in [0.29, 0.717) is 12.0 Å². The van der Waals surface area contributed by atoms with Crippen molar-refractivity contribution in [1.82, 2.24) is 4.98 Å². The van der Waals surface area contributed by atoms with E-state index in [2.05, 4.69) is 11.6 Å². The van der Waals surface area contributed by atoms with Crippen LogP contribution in [-0.4, -0.2) is 10.9 Å². The van der Waals surface area contributed by atoms with Crippen LogP contribution in [0, 0.1) is 0 Å². The van der Waals surface area contributed by atoms with Gasteiger partial charge in [0.15, 0.2) is 0 Å². The van der Waals surface area contributed by atoms with Crippen LogP contribution in [0.1, 0.15) is 5.56 Å². The zero-order chi connectivity index (χ0) is 11.5. The molecule has 0 radical (unpaired) electrons. The molecule has 3 heteroatoms. The van der Waals surface area contributed by atoms with Gasteiger partial charge in [-0.15, -0.1) is 0 Å². The van der Waals surface area contributed by atoms with Gasteiger partial charge >= 0.3 is 0 Å². The monoisotopic (exact) mass is 212 g/mol. The van der Waals surface area contributed by atoms with Gasteiger partial charge in [-0.05, 0) is 17.7 Å². The number of benzene rings is 1. The second-order valence-electron chi connectivity index (χ2n) is 3.63. The van der Waals surface area contributed by atoms with Gasteiger partial charge in [0.2, 0.25) is 5.91 Å². The number of pyridine rings is 1. The van der Waals surface area contributed by atoms with E-state index in [-0.39, 0.29) is 0 Å². The summed E-state index contributed by atoms with van der Waals surface area (Å²) in [7, 11) is 0. The number of nitrogens with zero attached hydrogens (tertiary/aromatic N) is 1. The lowest BCUT2D eigenvalue weighted by atomic mass is 10.0. The molecule has 80 valence electrons. The second kappa shape index (κ2) is 4.14. The molecule has 0 aliphatic rings. The highest BCUT2D eigenvalue weighted by Gasteiger charge is 2.06. The Morgan fingerprint density at radius 2 is 2.12 bits per heavy atom. The van der Waals surface area contributed by atoms with E-state index < -0.39 is 5.91 Å². The summed E-state index contributed by atoms with van der Waals surface area (Å²) < 4.78 is 0. The maximum Gasteiger partial charge on any atom is 0.244 e. The fourth-order valence-corrected chi connectivity index (χ4v) is 1.64. The molecule has 0 aliphatic heterocycles. The minimum absolute atomic E-state index is 0.413. The number of hydrogen-bond donors (Lipinski definition) is 1. The van der Waals surface area contributed by atoms with Crippen LogP contribution >= 0.6 is 0 Å². The van der Waals surface area contributed by atoms with E-state index in [4.69, 9.17) is 5.73 Å². The third-order valence-electron chi connectivity index (χ3n) is 2.49. The van der Waals surface area contributed by atoms with E-state index in [1.807, 2.05) is 30.3 Å². The van der Waals surface area contributed by atoms with Crippen molar-refractivity contribution in [2.75, 3.05) is 0 Å². The summed E-state index contributed by atoms with van der Waals surface area (Å²) in [6.45, 7) is 3.66. The molecule has 2 aromatic rings. The van der Waals surface area contributed by atoms with Gasteiger partial charge in [-0.3, -0.25) is 9.78 Å². The first kappa shape index (κ1) is 10.4. The maximum atomic E-state index is 10.9. The number of hydrogen-bond acceptors (Lipinski definition) is 2. The van der Waals surface area contributed by atoms with Crippen LogP contribution < -0.4 is 5.73 Å². The number of aromatic nitrogens is 1. The normalized spacial score (nSPS) is 10.2. The smallest absolute Gasteiger partial charge is 0.244 e. The van der Waals surface area contributed by atoms with E-state index in [9.17, 15) is 4.79 Å². The van der Waals surface area contributed by atoms with Crippen LogP contribution in [-0.2, 0) is 11.2 Å². The van der Waals surface area contributed by atoms with E-state index >= 15 is 0 Å². The molecule has 2 rings (SSSR count). The maximum absolute atomic E-state index is 10.9. The van der Waals surface area contributed by atoms with Crippen molar-refractivity contribution in [2.45, 2.75) is 6.42 Å². The minimum atomic E-state index is -0.458. The van der Waals surface area contributed by atoms with Crippen LogP contribution in [0.5, 0.6) is 0 Å². The molecule has 0 atom stereocenters. The Morgan fingerprint density at radius 1 is 1.31 bits per heavy atom. The van der Waals surface area contributed by atoms with Crippen LogP contribution in [0.2, 0.25) is 0 Å². The van der Waals surface area contributed by atoms with Crippen molar-refractivity contribution in [2.24, 2.45) is 5.73 Å². The topological polar surface area (TPSA) is 56.0 Å². The number of nitrogens with two attached hydrogens (primary N) is 1. The van der Waals surface area contributed by atoms with E-state index in [1.54, 1.807) is 6.20 Å². The highest BCUT2D eigenvalue weighted by molar-refractivity contribution is 5.93. The molecule has 0 fully saturated rings. The average molecular weight is 212 g/mol. The van der Waals surface area contributed by atoms with E-state index in [0.717, 1.165) is 16.5 Å². The fraction of sp³-hybridized carbons (Fsp3) is 0.0769. The highest BCUT2D eigenvalue weighted by Crippen LogP contribution is 2.18. The Balaban J connectivity index is 2.45. The summed E-state index contributed by atoms with van der Waals surface area (Å²) in [5.74, 6) is -0.458. The number of primary amides is 1. The molecule has 2 N–H and O–H groups in total. The Kier molecular flexibility index (Phi) is 2.68. The molecule has 0 saturated heterocycles. The number of carbonyl (C=O) groups excluding carboxylic acids is 1. The van der Waals surface area contributed by atoms with Crippen molar-refractivity contribution in [3.63, 3.8) is 0 Å². The minimum Gasteiger partial charge on any atom is -0.366 e. The third-order valence-corrected chi connectivity index (χ3v) is 2.49. The van der Waals surface area contributed by atoms with Crippen molar-refractivity contribution in [3.05, 3.63) is 54.2 Å². The van der Waals surface area contributed by atoms with Gasteiger partial charge in [-0.1, -0.05) is 24.8 Å². The van der Waals surface area contributed by atoms with Crippen molar-refractivity contribution in [1.29, 1.82) is 0 Å². The second-order valence-corrected chi connectivity index (χ2v) is 3.63. The lowest BCUT2D eigenvalue weighted by Gasteiger charge is -2.05. The summed E-state index contributed by atoms with van der Waals surface area (Å²) in [4.78, 5) is 15.2. The average Bonchev–Trinajstić information content (AvgIpc) is 2.29. The van der Waals surface area contributed by atoms with Crippen LogP contribution in [0.25, 0.3) is 10.9 Å². The van der Waals surface area contributed by atoms with Crippen molar-refractivity contribution < 1.29 is 4.79 Å². The predicted octanol–water partition coefficient (Wildman–Crippen LogP) is 1.82. The molecule has 0 spiro atoms. The number of carbonyl (C=O) groups is 1. The van der Waals surface area contributed by atoms with Crippen LogP contribution in [0.4, 0.5) is 0 Å². The van der Waals surface area contributed by atoms with Crippen molar-refractivity contribution >= 4 is 16.8 Å². The zero-order valence-electron chi connectivity index (χ0n) is 8.81. The molecule has 3 nitrogen and oxygen atoms in total. The summed E-state index contributed by atoms with van der Waals surface area (Å²) in [6.07, 6.45) is 2.22. The number of amides is 1. The van der Waals surface area contributed by atoms with Gasteiger partial charge in [0.25, 0.3) is 0 Å². The molecule has 1 heterocycles. The molecule has 1 aromatic heterocycles. The van der Waals surface area contributed by atoms with Crippen LogP contribution in [0.3, 0.4) is 0 Å². The molecule has 0 unspecified atom stereocenters. The summed E-state index contributed by atoms with van der Waals surface area (Å²) in [5.41, 5.74) is 7.52. The Bertz CT molecular complexity index is 555. The first-order valence-corrected chi connectivity index (χ1v) is 4.98. The van der Waals surface area contributed by atoms with Gasteiger partial charge in [-0.2, -0.15) is 0 Å². The summed E-state index contributed by atoms with van der Waals surface area (Å²) in [5, 5.41) is 1.03. The standard InChI is InChI=1S/C13H12N2O/c1-9(13(14)16)8-10-4-2-6-12-11(10)5-3-7-15-12/h2-7H,1,8H2,(H2,14,16). The van der Waals surface area contributed by atoms with Gasteiger partial charge < -0.3 is 5.73 Å². The first-order chi connectivity index (χ1) is 7.68. The van der Waals surface area contributed by atoms with Gasteiger partial charge in [0.1, 0.15) is 0 Å².